The summed E-state index contributed by atoms with van der Waals surface area (Å²) in [4.78, 5) is 12.6. The van der Waals surface area contributed by atoms with Gasteiger partial charge in [-0.05, 0) is 36.6 Å². The summed E-state index contributed by atoms with van der Waals surface area (Å²) < 4.78 is 40.2. The van der Waals surface area contributed by atoms with Crippen molar-refractivity contribution >= 4 is 17.5 Å². The first-order valence-corrected chi connectivity index (χ1v) is 8.97. The minimum atomic E-state index is -4.41. The molecule has 2 nitrogen and oxygen atoms in total. The molecule has 1 N–H and O–H groups in total. The lowest BCUT2D eigenvalue weighted by molar-refractivity contribution is -0.138. The lowest BCUT2D eigenvalue weighted by Gasteiger charge is -2.34. The van der Waals surface area contributed by atoms with Gasteiger partial charge in [-0.3, -0.25) is 4.79 Å². The standard InChI is InChI=1S/C20H19ClF3NO/c21-17-11-5-2-9-15(17)19(26)25-18-12-6-3-8-14(18)13-7-1-4-10-16(13)20(22,23)24/h1-2,4-5,7,9-11,14,18H,3,6,8,12H2,(H,25,26)/t14-,18+/m1/s1. The molecule has 2 aromatic rings. The van der Waals surface area contributed by atoms with Gasteiger partial charge in [0.2, 0.25) is 0 Å². The van der Waals surface area contributed by atoms with Crippen LogP contribution >= 0.6 is 11.6 Å². The fourth-order valence-corrected chi connectivity index (χ4v) is 3.87. The van der Waals surface area contributed by atoms with Gasteiger partial charge in [0.1, 0.15) is 0 Å². The molecule has 0 unspecified atom stereocenters. The smallest absolute Gasteiger partial charge is 0.349 e. The van der Waals surface area contributed by atoms with Crippen LogP contribution in [-0.4, -0.2) is 11.9 Å². The third-order valence-electron chi connectivity index (χ3n) is 4.87. The maximum atomic E-state index is 13.4. The molecule has 26 heavy (non-hydrogen) atoms. The van der Waals surface area contributed by atoms with Gasteiger partial charge in [0.25, 0.3) is 5.91 Å². The monoisotopic (exact) mass is 381 g/mol. The highest BCUT2D eigenvalue weighted by Gasteiger charge is 2.38. The van der Waals surface area contributed by atoms with Gasteiger partial charge in [-0.2, -0.15) is 13.2 Å². The number of benzene rings is 2. The van der Waals surface area contributed by atoms with E-state index in [2.05, 4.69) is 5.32 Å². The van der Waals surface area contributed by atoms with Gasteiger partial charge in [0, 0.05) is 12.0 Å². The molecular weight excluding hydrogens is 363 g/mol. The molecule has 0 spiro atoms. The Bertz CT molecular complexity index is 791. The zero-order chi connectivity index (χ0) is 18.7. The number of hydrogen-bond acceptors (Lipinski definition) is 1. The van der Waals surface area contributed by atoms with Crippen molar-refractivity contribution in [3.05, 3.63) is 70.2 Å². The third kappa shape index (κ3) is 4.04. The Labute approximate surface area is 155 Å². The second-order valence-electron chi connectivity index (χ2n) is 6.54. The molecule has 1 amide bonds. The highest BCUT2D eigenvalue weighted by atomic mass is 35.5. The van der Waals surface area contributed by atoms with Crippen molar-refractivity contribution in [2.24, 2.45) is 0 Å². The van der Waals surface area contributed by atoms with Crippen LogP contribution in [0.25, 0.3) is 0 Å². The van der Waals surface area contributed by atoms with Gasteiger partial charge in [-0.1, -0.05) is 54.8 Å². The topological polar surface area (TPSA) is 29.1 Å². The Morgan fingerprint density at radius 1 is 1.00 bits per heavy atom. The zero-order valence-electron chi connectivity index (χ0n) is 14.0. The van der Waals surface area contributed by atoms with Crippen LogP contribution in [0, 0.1) is 0 Å². The summed E-state index contributed by atoms with van der Waals surface area (Å²) in [5.74, 6) is -0.718. The van der Waals surface area contributed by atoms with Crippen LogP contribution in [0.2, 0.25) is 5.02 Å². The summed E-state index contributed by atoms with van der Waals surface area (Å²) in [6.45, 7) is 0. The van der Waals surface area contributed by atoms with Crippen LogP contribution in [0.5, 0.6) is 0 Å². The first-order valence-electron chi connectivity index (χ1n) is 8.59. The van der Waals surface area contributed by atoms with Crippen LogP contribution in [0.15, 0.2) is 48.5 Å². The maximum Gasteiger partial charge on any atom is 0.416 e. The van der Waals surface area contributed by atoms with Gasteiger partial charge < -0.3 is 5.32 Å². The summed E-state index contributed by atoms with van der Waals surface area (Å²) in [6.07, 6.45) is -1.44. The van der Waals surface area contributed by atoms with Crippen molar-refractivity contribution in [2.45, 2.75) is 43.8 Å². The van der Waals surface area contributed by atoms with Gasteiger partial charge in [0.05, 0.1) is 16.1 Å². The number of carbonyl (C=O) groups excluding carboxylic acids is 1. The molecule has 0 radical (unpaired) electrons. The van der Waals surface area contributed by atoms with Crippen molar-refractivity contribution in [3.63, 3.8) is 0 Å². The summed E-state index contributed by atoms with van der Waals surface area (Å²) in [7, 11) is 0. The van der Waals surface area contributed by atoms with Crippen molar-refractivity contribution in [1.29, 1.82) is 0 Å². The first-order chi connectivity index (χ1) is 12.4. The molecule has 1 fully saturated rings. The third-order valence-corrected chi connectivity index (χ3v) is 5.20. The largest absolute Gasteiger partial charge is 0.416 e. The Morgan fingerprint density at radius 3 is 2.38 bits per heavy atom. The number of hydrogen-bond donors (Lipinski definition) is 1. The highest BCUT2D eigenvalue weighted by Crippen LogP contribution is 2.40. The van der Waals surface area contributed by atoms with Crippen LogP contribution in [0.4, 0.5) is 13.2 Å². The molecular formula is C20H19ClF3NO. The molecule has 2 atom stereocenters. The van der Waals surface area contributed by atoms with E-state index in [1.165, 1.54) is 12.1 Å². The van der Waals surface area contributed by atoms with E-state index in [9.17, 15) is 18.0 Å². The van der Waals surface area contributed by atoms with Gasteiger partial charge in [0.15, 0.2) is 0 Å². The predicted molar refractivity (Wildman–Crippen MR) is 95.4 cm³/mol. The lowest BCUT2D eigenvalue weighted by atomic mass is 9.78. The quantitative estimate of drug-likeness (QED) is 0.713. The van der Waals surface area contributed by atoms with Crippen molar-refractivity contribution in [1.82, 2.24) is 5.32 Å². The van der Waals surface area contributed by atoms with E-state index >= 15 is 0 Å². The Kier molecular flexibility index (Phi) is 5.56. The molecule has 2 aromatic carbocycles. The Hall–Kier alpha value is -2.01. The fraction of sp³-hybridized carbons (Fsp3) is 0.350. The van der Waals surface area contributed by atoms with Crippen molar-refractivity contribution < 1.29 is 18.0 Å². The van der Waals surface area contributed by atoms with Crippen molar-refractivity contribution in [2.75, 3.05) is 0 Å². The molecule has 138 valence electrons. The van der Waals surface area contributed by atoms with Crippen LogP contribution in [0.1, 0.15) is 53.1 Å². The number of amides is 1. The van der Waals surface area contributed by atoms with E-state index in [1.807, 2.05) is 0 Å². The average molecular weight is 382 g/mol. The first kappa shape index (κ1) is 18.8. The molecule has 1 aliphatic rings. The molecule has 0 heterocycles. The van der Waals surface area contributed by atoms with Crippen LogP contribution in [-0.2, 0) is 6.18 Å². The summed E-state index contributed by atoms with van der Waals surface area (Å²) in [5, 5.41) is 3.24. The molecule has 1 saturated carbocycles. The predicted octanol–water partition coefficient (Wildman–Crippen LogP) is 5.82. The number of rotatable bonds is 3. The Balaban J connectivity index is 1.88. The summed E-state index contributed by atoms with van der Waals surface area (Å²) in [6, 6.07) is 12.0. The molecule has 3 rings (SSSR count). The molecule has 1 aliphatic carbocycles. The molecule has 0 saturated heterocycles. The van der Waals surface area contributed by atoms with Crippen LogP contribution in [0.3, 0.4) is 0 Å². The zero-order valence-corrected chi connectivity index (χ0v) is 14.8. The SMILES string of the molecule is O=C(N[C@H]1CCCC[C@@H]1c1ccccc1C(F)(F)F)c1ccccc1Cl. The van der Waals surface area contributed by atoms with Crippen molar-refractivity contribution in [3.8, 4) is 0 Å². The van der Waals surface area contributed by atoms with Gasteiger partial charge in [-0.25, -0.2) is 0 Å². The minimum absolute atomic E-state index is 0.254. The molecule has 0 bridgehead atoms. The fourth-order valence-electron chi connectivity index (χ4n) is 3.65. The van der Waals surface area contributed by atoms with Crippen LogP contribution < -0.4 is 5.32 Å². The highest BCUT2D eigenvalue weighted by molar-refractivity contribution is 6.33. The van der Waals surface area contributed by atoms with E-state index in [1.54, 1.807) is 30.3 Å². The van der Waals surface area contributed by atoms with E-state index in [0.717, 1.165) is 18.9 Å². The normalized spacial score (nSPS) is 20.6. The second kappa shape index (κ2) is 7.70. The van der Waals surface area contributed by atoms with E-state index < -0.39 is 11.7 Å². The Morgan fingerprint density at radius 2 is 1.65 bits per heavy atom. The summed E-state index contributed by atoms with van der Waals surface area (Å²) in [5.41, 5.74) is -0.0318. The maximum absolute atomic E-state index is 13.4. The van der Waals surface area contributed by atoms with Gasteiger partial charge in [-0.15, -0.1) is 0 Å². The van der Waals surface area contributed by atoms with E-state index in [4.69, 9.17) is 11.6 Å². The van der Waals surface area contributed by atoms with E-state index in [0.29, 0.717) is 23.4 Å². The number of alkyl halides is 3. The van der Waals surface area contributed by atoms with Gasteiger partial charge >= 0.3 is 6.18 Å². The lowest BCUT2D eigenvalue weighted by Crippen LogP contribution is -2.41. The summed E-state index contributed by atoms with van der Waals surface area (Å²) >= 11 is 6.07. The average Bonchev–Trinajstić information content (AvgIpc) is 2.62. The van der Waals surface area contributed by atoms with E-state index in [-0.39, 0.29) is 23.4 Å². The molecule has 0 aliphatic heterocycles. The minimum Gasteiger partial charge on any atom is -0.349 e. The molecule has 0 aromatic heterocycles. The molecule has 6 heteroatoms. The number of nitrogens with one attached hydrogen (secondary N) is 1. The number of halogens is 4. The second-order valence-corrected chi connectivity index (χ2v) is 6.94. The number of carbonyl (C=O) groups is 1.